The molecule has 0 atom stereocenters. The second-order valence-electron chi connectivity index (χ2n) is 5.02. The maximum atomic E-state index is 12.5. The number of hydrogen-bond donors (Lipinski definition) is 2. The molecule has 0 spiro atoms. The molecule has 10 heteroatoms. The van der Waals surface area contributed by atoms with Crippen molar-refractivity contribution in [3.63, 3.8) is 0 Å². The fourth-order valence-electron chi connectivity index (χ4n) is 2.43. The molecule has 1 fully saturated rings. The fourth-order valence-corrected chi connectivity index (χ4v) is 3.84. The Labute approximate surface area is 131 Å². The van der Waals surface area contributed by atoms with Crippen molar-refractivity contribution in [3.8, 4) is 0 Å². The van der Waals surface area contributed by atoms with Crippen LogP contribution in [0.1, 0.15) is 0 Å². The van der Waals surface area contributed by atoms with Gasteiger partial charge < -0.3 is 9.88 Å². The molecule has 0 aromatic carbocycles. The molecule has 0 aliphatic carbocycles. The highest BCUT2D eigenvalue weighted by atomic mass is 32.2. The predicted octanol–water partition coefficient (Wildman–Crippen LogP) is -1.03. The van der Waals surface area contributed by atoms with Gasteiger partial charge in [-0.2, -0.15) is 4.31 Å². The molecule has 0 bridgehead atoms. The minimum Gasteiger partial charge on any atom is -0.354 e. The van der Waals surface area contributed by atoms with Crippen LogP contribution in [-0.2, 0) is 10.0 Å². The van der Waals surface area contributed by atoms with Crippen molar-refractivity contribution in [2.75, 3.05) is 31.1 Å². The molecule has 2 aromatic rings. The van der Waals surface area contributed by atoms with E-state index >= 15 is 0 Å². The molecule has 1 saturated heterocycles. The van der Waals surface area contributed by atoms with Crippen LogP contribution in [0.15, 0.2) is 45.1 Å². The van der Waals surface area contributed by atoms with Crippen molar-refractivity contribution in [2.45, 2.75) is 4.90 Å². The Morgan fingerprint density at radius 2 is 1.83 bits per heavy atom. The van der Waals surface area contributed by atoms with Gasteiger partial charge in [0.1, 0.15) is 5.82 Å². The zero-order chi connectivity index (χ0) is 16.4. The molecule has 122 valence electrons. The third-order valence-electron chi connectivity index (χ3n) is 3.61. The summed E-state index contributed by atoms with van der Waals surface area (Å²) in [6, 6.07) is 5.54. The fraction of sp³-hybridized carbons (Fsp3) is 0.308. The van der Waals surface area contributed by atoms with E-state index in [2.05, 4.69) is 9.97 Å². The van der Waals surface area contributed by atoms with Crippen LogP contribution in [0, 0.1) is 0 Å². The van der Waals surface area contributed by atoms with Crippen LogP contribution in [0.25, 0.3) is 0 Å². The number of aromatic nitrogens is 3. The van der Waals surface area contributed by atoms with Gasteiger partial charge in [0.25, 0.3) is 5.56 Å². The van der Waals surface area contributed by atoms with Gasteiger partial charge in [0, 0.05) is 38.6 Å². The first kappa shape index (κ1) is 15.4. The summed E-state index contributed by atoms with van der Waals surface area (Å²) in [6.45, 7) is 1.41. The van der Waals surface area contributed by atoms with Crippen LogP contribution in [0.3, 0.4) is 0 Å². The Morgan fingerprint density at radius 1 is 1.09 bits per heavy atom. The number of H-pyrrole nitrogens is 2. The summed E-state index contributed by atoms with van der Waals surface area (Å²) in [5.41, 5.74) is -1.66. The van der Waals surface area contributed by atoms with E-state index in [9.17, 15) is 18.0 Å². The van der Waals surface area contributed by atoms with E-state index in [0.29, 0.717) is 13.1 Å². The summed E-state index contributed by atoms with van der Waals surface area (Å²) in [7, 11) is -3.94. The molecule has 3 heterocycles. The van der Waals surface area contributed by atoms with Gasteiger partial charge >= 0.3 is 5.69 Å². The SMILES string of the molecule is O=c1[nH]cc(S(=O)(=O)N2CCN(c3ccccn3)CC2)c(=O)[nH]1. The monoisotopic (exact) mass is 337 g/mol. The minimum atomic E-state index is -3.94. The van der Waals surface area contributed by atoms with Crippen LogP contribution >= 0.6 is 0 Å². The molecule has 0 unspecified atom stereocenters. The number of nitrogens with one attached hydrogen (secondary N) is 2. The second kappa shape index (κ2) is 5.97. The summed E-state index contributed by atoms with van der Waals surface area (Å²) < 4.78 is 26.3. The molecular weight excluding hydrogens is 322 g/mol. The van der Waals surface area contributed by atoms with Crippen molar-refractivity contribution in [1.29, 1.82) is 0 Å². The molecule has 2 N–H and O–H groups in total. The summed E-state index contributed by atoms with van der Waals surface area (Å²) in [4.78, 5) is 32.6. The Hall–Kier alpha value is -2.46. The zero-order valence-electron chi connectivity index (χ0n) is 12.1. The highest BCUT2D eigenvalue weighted by Crippen LogP contribution is 2.17. The first-order valence-corrected chi connectivity index (χ1v) is 8.40. The lowest BCUT2D eigenvalue weighted by molar-refractivity contribution is 0.383. The molecular formula is C13H15N5O4S. The van der Waals surface area contributed by atoms with E-state index in [1.165, 1.54) is 4.31 Å². The Bertz CT molecular complexity index is 898. The van der Waals surface area contributed by atoms with Gasteiger partial charge in [-0.3, -0.25) is 9.78 Å². The van der Waals surface area contributed by atoms with Gasteiger partial charge in [0.2, 0.25) is 10.0 Å². The molecule has 0 radical (unpaired) electrons. The predicted molar refractivity (Wildman–Crippen MR) is 82.9 cm³/mol. The molecule has 23 heavy (non-hydrogen) atoms. The normalized spacial score (nSPS) is 16.4. The first-order valence-electron chi connectivity index (χ1n) is 6.96. The van der Waals surface area contributed by atoms with E-state index in [0.717, 1.165) is 12.0 Å². The number of nitrogens with zero attached hydrogens (tertiary/aromatic N) is 3. The summed E-state index contributed by atoms with van der Waals surface area (Å²) in [6.07, 6.45) is 2.61. The minimum absolute atomic E-state index is 0.234. The Morgan fingerprint density at radius 3 is 2.43 bits per heavy atom. The van der Waals surface area contributed by atoms with E-state index in [-0.39, 0.29) is 13.1 Å². The maximum Gasteiger partial charge on any atom is 0.325 e. The van der Waals surface area contributed by atoms with Crippen molar-refractivity contribution < 1.29 is 8.42 Å². The second-order valence-corrected chi connectivity index (χ2v) is 6.92. The Balaban J connectivity index is 1.79. The molecule has 9 nitrogen and oxygen atoms in total. The largest absolute Gasteiger partial charge is 0.354 e. The number of piperazine rings is 1. The molecule has 1 aliphatic rings. The van der Waals surface area contributed by atoms with E-state index in [1.54, 1.807) is 6.20 Å². The molecule has 0 saturated carbocycles. The number of aromatic amines is 2. The highest BCUT2D eigenvalue weighted by molar-refractivity contribution is 7.89. The van der Waals surface area contributed by atoms with Crippen molar-refractivity contribution >= 4 is 15.8 Å². The first-order chi connectivity index (χ1) is 11.0. The summed E-state index contributed by atoms with van der Waals surface area (Å²) in [5, 5.41) is 0. The summed E-state index contributed by atoms with van der Waals surface area (Å²) in [5.74, 6) is 0.784. The van der Waals surface area contributed by atoms with Gasteiger partial charge in [-0.05, 0) is 12.1 Å². The highest BCUT2D eigenvalue weighted by Gasteiger charge is 2.31. The average molecular weight is 337 g/mol. The number of anilines is 1. The van der Waals surface area contributed by atoms with E-state index in [1.807, 2.05) is 28.1 Å². The third-order valence-corrected chi connectivity index (χ3v) is 5.52. The van der Waals surface area contributed by atoms with Gasteiger partial charge in [-0.25, -0.2) is 18.2 Å². The third kappa shape index (κ3) is 3.03. The lowest BCUT2D eigenvalue weighted by Crippen LogP contribution is -2.49. The van der Waals surface area contributed by atoms with Gasteiger partial charge in [0.05, 0.1) is 0 Å². The van der Waals surface area contributed by atoms with Crippen LogP contribution in [0.2, 0.25) is 0 Å². The zero-order valence-corrected chi connectivity index (χ0v) is 12.9. The van der Waals surface area contributed by atoms with Crippen molar-refractivity contribution in [3.05, 3.63) is 51.4 Å². The average Bonchev–Trinajstić information content (AvgIpc) is 2.55. The van der Waals surface area contributed by atoms with E-state index < -0.39 is 26.2 Å². The standard InChI is InChI=1S/C13H15N5O4S/c19-12-10(9-15-13(20)16-12)23(21,22)18-7-5-17(6-8-18)11-3-1-2-4-14-11/h1-4,9H,5-8H2,(H2,15,16,19,20). The lowest BCUT2D eigenvalue weighted by atomic mass is 10.3. The van der Waals surface area contributed by atoms with Crippen LogP contribution in [0.5, 0.6) is 0 Å². The number of sulfonamides is 1. The van der Waals surface area contributed by atoms with Gasteiger partial charge in [-0.1, -0.05) is 6.07 Å². The molecule has 1 aliphatic heterocycles. The number of pyridine rings is 1. The molecule has 2 aromatic heterocycles. The smallest absolute Gasteiger partial charge is 0.325 e. The summed E-state index contributed by atoms with van der Waals surface area (Å²) >= 11 is 0. The number of hydrogen-bond acceptors (Lipinski definition) is 6. The lowest BCUT2D eigenvalue weighted by Gasteiger charge is -2.34. The van der Waals surface area contributed by atoms with Crippen LogP contribution in [0.4, 0.5) is 5.82 Å². The Kier molecular flexibility index (Phi) is 4.01. The van der Waals surface area contributed by atoms with Gasteiger partial charge in [-0.15, -0.1) is 0 Å². The molecule has 3 rings (SSSR count). The quantitative estimate of drug-likeness (QED) is 0.739. The van der Waals surface area contributed by atoms with Crippen LogP contribution in [-0.4, -0.2) is 53.9 Å². The van der Waals surface area contributed by atoms with Crippen molar-refractivity contribution in [1.82, 2.24) is 19.3 Å². The molecule has 0 amide bonds. The number of rotatable bonds is 3. The topological polar surface area (TPSA) is 119 Å². The van der Waals surface area contributed by atoms with Crippen LogP contribution < -0.4 is 16.1 Å². The van der Waals surface area contributed by atoms with E-state index in [4.69, 9.17) is 0 Å². The maximum absolute atomic E-state index is 12.5. The van der Waals surface area contributed by atoms with Crippen molar-refractivity contribution in [2.24, 2.45) is 0 Å². The van der Waals surface area contributed by atoms with Gasteiger partial charge in [0.15, 0.2) is 4.90 Å².